The summed E-state index contributed by atoms with van der Waals surface area (Å²) in [5.74, 6) is -0.164. The lowest BCUT2D eigenvalue weighted by Gasteiger charge is -2.12. The second-order valence-corrected chi connectivity index (χ2v) is 5.76. The molecule has 2 aromatic carbocycles. The smallest absolute Gasteiger partial charge is 0.280 e. The third kappa shape index (κ3) is 3.64. The number of pyridine rings is 1. The highest BCUT2D eigenvalue weighted by atomic mass is 16.5. The minimum Gasteiger partial charge on any atom is -0.491 e. The standard InChI is InChI=1S/C20H20N4O2/c1-2-11-26-17-10-6-9-14-15(19(25)24-20(21)22)12-16(23-18(14)17)13-7-4-3-5-8-13/h3-10,12H,2,11H2,1H3,(H4,21,22,24,25). The number of nitrogens with zero attached hydrogens (tertiary/aromatic N) is 2. The van der Waals surface area contributed by atoms with Gasteiger partial charge in [-0.3, -0.25) is 4.79 Å². The molecule has 0 atom stereocenters. The third-order valence-corrected chi connectivity index (χ3v) is 3.79. The number of carbonyl (C=O) groups excluding carboxylic acids is 1. The van der Waals surface area contributed by atoms with E-state index >= 15 is 0 Å². The second-order valence-electron chi connectivity index (χ2n) is 5.76. The molecule has 0 fully saturated rings. The van der Waals surface area contributed by atoms with E-state index in [0.29, 0.717) is 34.5 Å². The average Bonchev–Trinajstić information content (AvgIpc) is 2.65. The quantitative estimate of drug-likeness (QED) is 0.545. The Morgan fingerprint density at radius 1 is 1.12 bits per heavy atom. The van der Waals surface area contributed by atoms with Gasteiger partial charge in [0, 0.05) is 10.9 Å². The SMILES string of the molecule is CCCOc1cccc2c(C(=O)N=C(N)N)cc(-c3ccccc3)nc12. The normalized spacial score (nSPS) is 10.5. The fourth-order valence-electron chi connectivity index (χ4n) is 2.66. The average molecular weight is 348 g/mol. The van der Waals surface area contributed by atoms with Crippen LogP contribution in [-0.2, 0) is 0 Å². The van der Waals surface area contributed by atoms with Crippen molar-refractivity contribution >= 4 is 22.8 Å². The molecule has 0 bridgehead atoms. The lowest BCUT2D eigenvalue weighted by molar-refractivity contribution is 0.100. The zero-order valence-corrected chi connectivity index (χ0v) is 14.5. The summed E-state index contributed by atoms with van der Waals surface area (Å²) in [6.45, 7) is 2.59. The lowest BCUT2D eigenvalue weighted by atomic mass is 10.0. The minimum atomic E-state index is -0.512. The number of para-hydroxylation sites is 1. The van der Waals surface area contributed by atoms with E-state index in [-0.39, 0.29) is 5.96 Å². The number of amides is 1. The van der Waals surface area contributed by atoms with Gasteiger partial charge in [-0.15, -0.1) is 0 Å². The van der Waals surface area contributed by atoms with Crippen molar-refractivity contribution in [2.45, 2.75) is 13.3 Å². The van der Waals surface area contributed by atoms with Crippen LogP contribution >= 0.6 is 0 Å². The van der Waals surface area contributed by atoms with Crippen LogP contribution in [0.1, 0.15) is 23.7 Å². The molecule has 1 heterocycles. The van der Waals surface area contributed by atoms with Crippen molar-refractivity contribution in [3.63, 3.8) is 0 Å². The van der Waals surface area contributed by atoms with E-state index in [4.69, 9.17) is 21.2 Å². The minimum absolute atomic E-state index is 0.278. The Kier molecular flexibility index (Phi) is 5.12. The second kappa shape index (κ2) is 7.65. The van der Waals surface area contributed by atoms with Gasteiger partial charge in [0.25, 0.3) is 5.91 Å². The highest BCUT2D eigenvalue weighted by molar-refractivity contribution is 6.11. The van der Waals surface area contributed by atoms with E-state index in [0.717, 1.165) is 12.0 Å². The van der Waals surface area contributed by atoms with E-state index in [2.05, 4.69) is 4.99 Å². The van der Waals surface area contributed by atoms with E-state index in [9.17, 15) is 4.79 Å². The topological polar surface area (TPSA) is 104 Å². The molecule has 6 nitrogen and oxygen atoms in total. The molecule has 6 heteroatoms. The maximum absolute atomic E-state index is 12.6. The number of ether oxygens (including phenoxy) is 1. The summed E-state index contributed by atoms with van der Waals surface area (Å²) < 4.78 is 5.82. The molecule has 0 aliphatic carbocycles. The molecule has 1 amide bonds. The number of carbonyl (C=O) groups is 1. The first-order chi connectivity index (χ1) is 12.6. The molecule has 4 N–H and O–H groups in total. The van der Waals surface area contributed by atoms with Crippen molar-refractivity contribution < 1.29 is 9.53 Å². The van der Waals surface area contributed by atoms with Gasteiger partial charge < -0.3 is 16.2 Å². The van der Waals surface area contributed by atoms with E-state index < -0.39 is 5.91 Å². The summed E-state index contributed by atoms with van der Waals surface area (Å²) in [4.78, 5) is 21.0. The lowest BCUT2D eigenvalue weighted by Crippen LogP contribution is -2.24. The highest BCUT2D eigenvalue weighted by Crippen LogP contribution is 2.31. The number of nitrogens with two attached hydrogens (primary N) is 2. The summed E-state index contributed by atoms with van der Waals surface area (Å²) in [5, 5.41) is 0.647. The van der Waals surface area contributed by atoms with Crippen LogP contribution in [0.5, 0.6) is 5.75 Å². The van der Waals surface area contributed by atoms with Gasteiger partial charge in [-0.25, -0.2) is 4.98 Å². The molecule has 3 aromatic rings. The number of fused-ring (bicyclic) bond motifs is 1. The van der Waals surface area contributed by atoms with Crippen LogP contribution in [-0.4, -0.2) is 23.5 Å². The van der Waals surface area contributed by atoms with Gasteiger partial charge in [-0.05, 0) is 18.6 Å². The predicted octanol–water partition coefficient (Wildman–Crippen LogP) is 3.10. The number of rotatable bonds is 5. The van der Waals surface area contributed by atoms with Crippen LogP contribution in [0.25, 0.3) is 22.2 Å². The number of guanidine groups is 1. The van der Waals surface area contributed by atoms with Gasteiger partial charge in [0.05, 0.1) is 17.9 Å². The third-order valence-electron chi connectivity index (χ3n) is 3.79. The Morgan fingerprint density at radius 3 is 2.58 bits per heavy atom. The first-order valence-electron chi connectivity index (χ1n) is 8.36. The zero-order valence-electron chi connectivity index (χ0n) is 14.5. The molecule has 0 aliphatic heterocycles. The Morgan fingerprint density at radius 2 is 1.88 bits per heavy atom. The molecule has 0 saturated heterocycles. The summed E-state index contributed by atoms with van der Waals surface area (Å²) in [6.07, 6.45) is 0.870. The van der Waals surface area contributed by atoms with Gasteiger partial charge in [0.2, 0.25) is 0 Å². The van der Waals surface area contributed by atoms with Crippen molar-refractivity contribution in [1.29, 1.82) is 0 Å². The first kappa shape index (κ1) is 17.4. The van der Waals surface area contributed by atoms with Crippen molar-refractivity contribution in [2.24, 2.45) is 16.5 Å². The Hall–Kier alpha value is -3.41. The number of aromatic nitrogens is 1. The van der Waals surface area contributed by atoms with Crippen molar-refractivity contribution in [3.05, 3.63) is 60.2 Å². The monoisotopic (exact) mass is 348 g/mol. The fourth-order valence-corrected chi connectivity index (χ4v) is 2.66. The summed E-state index contributed by atoms with van der Waals surface area (Å²) in [5.41, 5.74) is 13.3. The maximum atomic E-state index is 12.6. The van der Waals surface area contributed by atoms with Gasteiger partial charge in [0.15, 0.2) is 5.96 Å². The molecule has 0 unspecified atom stereocenters. The molecule has 1 aromatic heterocycles. The molecule has 0 spiro atoms. The molecule has 132 valence electrons. The van der Waals surface area contributed by atoms with E-state index in [1.165, 1.54) is 0 Å². The van der Waals surface area contributed by atoms with Crippen LogP contribution in [0, 0.1) is 0 Å². The first-order valence-corrected chi connectivity index (χ1v) is 8.36. The highest BCUT2D eigenvalue weighted by Gasteiger charge is 2.16. The Labute approximate surface area is 151 Å². The van der Waals surface area contributed by atoms with Gasteiger partial charge >= 0.3 is 0 Å². The molecule has 0 aliphatic rings. The Balaban J connectivity index is 2.26. The molecule has 26 heavy (non-hydrogen) atoms. The fraction of sp³-hybridized carbons (Fsp3) is 0.150. The van der Waals surface area contributed by atoms with Gasteiger partial charge in [-0.1, -0.05) is 49.4 Å². The number of benzene rings is 2. The summed E-state index contributed by atoms with van der Waals surface area (Å²) in [7, 11) is 0. The van der Waals surface area contributed by atoms with Crippen LogP contribution < -0.4 is 16.2 Å². The van der Waals surface area contributed by atoms with Crippen LogP contribution in [0.15, 0.2) is 59.6 Å². The maximum Gasteiger partial charge on any atom is 0.280 e. The zero-order chi connectivity index (χ0) is 18.5. The van der Waals surface area contributed by atoms with Crippen molar-refractivity contribution in [2.75, 3.05) is 6.61 Å². The number of aliphatic imine (C=N–C) groups is 1. The van der Waals surface area contributed by atoms with Crippen LogP contribution in [0.2, 0.25) is 0 Å². The largest absolute Gasteiger partial charge is 0.491 e. The van der Waals surface area contributed by atoms with Crippen LogP contribution in [0.3, 0.4) is 0 Å². The summed E-state index contributed by atoms with van der Waals surface area (Å²) in [6, 6.07) is 16.8. The van der Waals surface area contributed by atoms with E-state index in [1.807, 2.05) is 55.5 Å². The van der Waals surface area contributed by atoms with Crippen molar-refractivity contribution in [1.82, 2.24) is 4.98 Å². The van der Waals surface area contributed by atoms with Crippen molar-refractivity contribution in [3.8, 4) is 17.0 Å². The summed E-state index contributed by atoms with van der Waals surface area (Å²) >= 11 is 0. The number of hydrogen-bond acceptors (Lipinski definition) is 3. The molecular weight excluding hydrogens is 328 g/mol. The van der Waals surface area contributed by atoms with E-state index in [1.54, 1.807) is 6.07 Å². The molecule has 0 saturated carbocycles. The molecule has 0 radical (unpaired) electrons. The Bertz CT molecular complexity index is 964. The van der Waals surface area contributed by atoms with Gasteiger partial charge in [0.1, 0.15) is 11.3 Å². The van der Waals surface area contributed by atoms with Gasteiger partial charge in [-0.2, -0.15) is 4.99 Å². The number of hydrogen-bond donors (Lipinski definition) is 2. The predicted molar refractivity (Wildman–Crippen MR) is 103 cm³/mol. The molecular formula is C20H20N4O2. The molecule has 3 rings (SSSR count). The van der Waals surface area contributed by atoms with Crippen LogP contribution in [0.4, 0.5) is 0 Å².